The molecule has 0 aliphatic carbocycles. The second kappa shape index (κ2) is 11.4. The molecule has 0 N–H and O–H groups in total. The molecule has 1 heterocycles. The summed E-state index contributed by atoms with van der Waals surface area (Å²) >= 11 is 1.96. The van der Waals surface area contributed by atoms with Crippen LogP contribution >= 0.6 is 11.8 Å². The van der Waals surface area contributed by atoms with Crippen molar-refractivity contribution in [3.63, 3.8) is 0 Å². The molecule has 0 unspecified atom stereocenters. The zero-order valence-electron chi connectivity index (χ0n) is 15.6. The van der Waals surface area contributed by atoms with E-state index in [1.165, 1.54) is 22.6 Å². The van der Waals surface area contributed by atoms with Gasteiger partial charge < -0.3 is 4.74 Å². The summed E-state index contributed by atoms with van der Waals surface area (Å²) in [4.78, 5) is 6.51. The molecule has 1 fully saturated rings. The minimum atomic E-state index is 0.881. The summed E-state index contributed by atoms with van der Waals surface area (Å²) in [6.45, 7) is 8.37. The van der Waals surface area contributed by atoms with Gasteiger partial charge in [0.25, 0.3) is 0 Å². The number of hydrogen-bond acceptors (Lipinski definition) is 4. The van der Waals surface area contributed by atoms with Gasteiger partial charge in [0.2, 0.25) is 0 Å². The molecule has 26 heavy (non-hydrogen) atoms. The zero-order valence-corrected chi connectivity index (χ0v) is 16.4. The topological polar surface area (TPSA) is 15.7 Å². The third-order valence-electron chi connectivity index (χ3n) is 4.72. The summed E-state index contributed by atoms with van der Waals surface area (Å²) in [5.74, 6) is 1.17. The molecule has 4 heteroatoms. The van der Waals surface area contributed by atoms with E-state index in [-0.39, 0.29) is 0 Å². The summed E-state index contributed by atoms with van der Waals surface area (Å²) in [6.07, 6.45) is 1.22. The van der Waals surface area contributed by atoms with Crippen LogP contribution in [0.1, 0.15) is 12.0 Å². The molecule has 1 aliphatic rings. The van der Waals surface area contributed by atoms with Gasteiger partial charge in [-0.1, -0.05) is 48.5 Å². The molecule has 0 atom stereocenters. The largest absolute Gasteiger partial charge is 0.379 e. The van der Waals surface area contributed by atoms with Crippen LogP contribution < -0.4 is 0 Å². The Labute approximate surface area is 162 Å². The molecule has 3 rings (SSSR count). The number of morpholine rings is 1. The van der Waals surface area contributed by atoms with Gasteiger partial charge in [0.1, 0.15) is 0 Å². The van der Waals surface area contributed by atoms with Crippen LogP contribution in [-0.4, -0.2) is 61.5 Å². The Balaban J connectivity index is 1.45. The highest BCUT2D eigenvalue weighted by Crippen LogP contribution is 2.18. The Bertz CT molecular complexity index is 602. The number of benzene rings is 2. The van der Waals surface area contributed by atoms with E-state index in [0.29, 0.717) is 0 Å². The summed E-state index contributed by atoms with van der Waals surface area (Å²) in [7, 11) is 0. The van der Waals surface area contributed by atoms with Crippen molar-refractivity contribution in [2.75, 3.05) is 51.7 Å². The fourth-order valence-electron chi connectivity index (χ4n) is 3.21. The van der Waals surface area contributed by atoms with Gasteiger partial charge in [0.15, 0.2) is 0 Å². The minimum Gasteiger partial charge on any atom is -0.379 e. The van der Waals surface area contributed by atoms with Crippen LogP contribution in [0.5, 0.6) is 0 Å². The van der Waals surface area contributed by atoms with E-state index in [1.807, 2.05) is 11.8 Å². The molecule has 1 aliphatic heterocycles. The monoisotopic (exact) mass is 370 g/mol. The van der Waals surface area contributed by atoms with E-state index < -0.39 is 0 Å². The maximum absolute atomic E-state index is 5.47. The maximum atomic E-state index is 5.47. The predicted molar refractivity (Wildman–Crippen MR) is 111 cm³/mol. The van der Waals surface area contributed by atoms with Gasteiger partial charge >= 0.3 is 0 Å². The van der Waals surface area contributed by atoms with Gasteiger partial charge in [0.05, 0.1) is 13.2 Å². The van der Waals surface area contributed by atoms with Crippen molar-refractivity contribution in [1.29, 1.82) is 0 Å². The quantitative estimate of drug-likeness (QED) is 0.464. The second-order valence-electron chi connectivity index (χ2n) is 6.73. The first-order valence-electron chi connectivity index (χ1n) is 9.64. The highest BCUT2D eigenvalue weighted by atomic mass is 32.2. The molecule has 2 aromatic rings. The lowest BCUT2D eigenvalue weighted by Gasteiger charge is -2.30. The molecule has 1 saturated heterocycles. The standard InChI is InChI=1S/C22H30N2OS/c1-3-8-21(9-4-1)20-24(14-13-23-15-17-25-18-16-23)12-7-19-26-22-10-5-2-6-11-22/h1-6,8-11H,7,12-20H2. The van der Waals surface area contributed by atoms with E-state index in [0.717, 1.165) is 52.5 Å². The normalized spacial score (nSPS) is 15.4. The number of rotatable bonds is 10. The van der Waals surface area contributed by atoms with Crippen LogP contribution in [0.2, 0.25) is 0 Å². The maximum Gasteiger partial charge on any atom is 0.0594 e. The summed E-state index contributed by atoms with van der Waals surface area (Å²) < 4.78 is 5.47. The van der Waals surface area contributed by atoms with Crippen LogP contribution in [0.4, 0.5) is 0 Å². The Morgan fingerprint density at radius 2 is 1.58 bits per heavy atom. The minimum absolute atomic E-state index is 0.881. The van der Waals surface area contributed by atoms with Gasteiger partial charge in [0, 0.05) is 37.6 Å². The number of hydrogen-bond donors (Lipinski definition) is 0. The van der Waals surface area contributed by atoms with E-state index in [9.17, 15) is 0 Å². The van der Waals surface area contributed by atoms with Crippen molar-refractivity contribution in [2.24, 2.45) is 0 Å². The first-order chi connectivity index (χ1) is 12.9. The number of nitrogens with zero attached hydrogens (tertiary/aromatic N) is 2. The molecule has 0 aromatic heterocycles. The Kier molecular flexibility index (Phi) is 8.52. The van der Waals surface area contributed by atoms with Gasteiger partial charge in [-0.05, 0) is 36.4 Å². The van der Waals surface area contributed by atoms with E-state index in [1.54, 1.807) is 0 Å². The van der Waals surface area contributed by atoms with Crippen molar-refractivity contribution in [3.8, 4) is 0 Å². The van der Waals surface area contributed by atoms with Gasteiger partial charge in [-0.3, -0.25) is 9.80 Å². The van der Waals surface area contributed by atoms with E-state index in [4.69, 9.17) is 4.74 Å². The Hall–Kier alpha value is -1.33. The fourth-order valence-corrected chi connectivity index (χ4v) is 4.07. The lowest BCUT2D eigenvalue weighted by molar-refractivity contribution is 0.0329. The lowest BCUT2D eigenvalue weighted by Crippen LogP contribution is -2.41. The fraction of sp³-hybridized carbons (Fsp3) is 0.455. The highest BCUT2D eigenvalue weighted by molar-refractivity contribution is 7.99. The van der Waals surface area contributed by atoms with Gasteiger partial charge in [-0.15, -0.1) is 11.8 Å². The molecule has 140 valence electrons. The van der Waals surface area contributed by atoms with Crippen LogP contribution in [0.25, 0.3) is 0 Å². The average molecular weight is 371 g/mol. The van der Waals surface area contributed by atoms with Crippen molar-refractivity contribution < 1.29 is 4.74 Å². The molecule has 0 saturated carbocycles. The Morgan fingerprint density at radius 1 is 0.885 bits per heavy atom. The SMILES string of the molecule is c1ccc(CN(CCCSc2ccccc2)CCN2CCOCC2)cc1. The summed E-state index contributed by atoms with van der Waals surface area (Å²) in [5, 5.41) is 0. The number of ether oxygens (including phenoxy) is 1. The third-order valence-corrected chi connectivity index (χ3v) is 5.81. The van der Waals surface area contributed by atoms with Gasteiger partial charge in [-0.25, -0.2) is 0 Å². The molecule has 3 nitrogen and oxygen atoms in total. The summed E-state index contributed by atoms with van der Waals surface area (Å²) in [6, 6.07) is 21.6. The molecule has 2 aromatic carbocycles. The molecule has 0 radical (unpaired) electrons. The third kappa shape index (κ3) is 7.12. The zero-order chi connectivity index (χ0) is 17.9. The smallest absolute Gasteiger partial charge is 0.0594 e. The highest BCUT2D eigenvalue weighted by Gasteiger charge is 2.12. The molecule has 0 amide bonds. The van der Waals surface area contributed by atoms with Gasteiger partial charge in [-0.2, -0.15) is 0 Å². The van der Waals surface area contributed by atoms with Crippen LogP contribution in [0.3, 0.4) is 0 Å². The molecule has 0 spiro atoms. The van der Waals surface area contributed by atoms with Crippen molar-refractivity contribution >= 4 is 11.8 Å². The van der Waals surface area contributed by atoms with Crippen molar-refractivity contribution in [3.05, 3.63) is 66.2 Å². The van der Waals surface area contributed by atoms with E-state index >= 15 is 0 Å². The first-order valence-corrected chi connectivity index (χ1v) is 10.6. The first kappa shape index (κ1) is 19.4. The molecule has 0 bridgehead atoms. The van der Waals surface area contributed by atoms with Crippen LogP contribution in [0.15, 0.2) is 65.6 Å². The second-order valence-corrected chi connectivity index (χ2v) is 7.90. The predicted octanol–water partition coefficient (Wildman–Crippen LogP) is 4.00. The molecular weight excluding hydrogens is 340 g/mol. The van der Waals surface area contributed by atoms with E-state index in [2.05, 4.69) is 70.5 Å². The summed E-state index contributed by atoms with van der Waals surface area (Å²) in [5.41, 5.74) is 1.41. The molecular formula is C22H30N2OS. The van der Waals surface area contributed by atoms with Crippen LogP contribution in [-0.2, 0) is 11.3 Å². The van der Waals surface area contributed by atoms with Crippen molar-refractivity contribution in [1.82, 2.24) is 9.80 Å². The average Bonchev–Trinajstić information content (AvgIpc) is 2.71. The number of thioether (sulfide) groups is 1. The van der Waals surface area contributed by atoms with Crippen LogP contribution in [0, 0.1) is 0 Å². The van der Waals surface area contributed by atoms with Crippen molar-refractivity contribution in [2.45, 2.75) is 17.9 Å². The Morgan fingerprint density at radius 3 is 2.31 bits per heavy atom. The lowest BCUT2D eigenvalue weighted by atomic mass is 10.2.